The van der Waals surface area contributed by atoms with Crippen molar-refractivity contribution in [3.63, 3.8) is 0 Å². The van der Waals surface area contributed by atoms with Crippen molar-refractivity contribution in [1.82, 2.24) is 25.2 Å². The second kappa shape index (κ2) is 14.4. The molecule has 0 radical (unpaired) electrons. The van der Waals surface area contributed by atoms with E-state index >= 15 is 0 Å². The lowest BCUT2D eigenvalue weighted by Crippen LogP contribution is -2.56. The predicted molar refractivity (Wildman–Crippen MR) is 189 cm³/mol. The number of halogens is 1. The highest BCUT2D eigenvalue weighted by Gasteiger charge is 2.61. The fourth-order valence-electron chi connectivity index (χ4n) is 7.45. The summed E-state index contributed by atoms with van der Waals surface area (Å²) in [5.74, 6) is -1.94. The van der Waals surface area contributed by atoms with Gasteiger partial charge in [-0.1, -0.05) is 48.7 Å². The van der Waals surface area contributed by atoms with Gasteiger partial charge in [-0.05, 0) is 82.4 Å². The minimum Gasteiger partial charge on any atom is -0.444 e. The lowest BCUT2D eigenvalue weighted by atomic mass is 9.91. The van der Waals surface area contributed by atoms with Crippen LogP contribution in [0.2, 0.25) is 5.02 Å². The second-order valence-corrected chi connectivity index (χ2v) is 18.1. The number of urea groups is 1. The summed E-state index contributed by atoms with van der Waals surface area (Å²) in [4.78, 5) is 71.7. The molecular weight excluding hydrogens is 698 g/mol. The molecule has 5 atom stereocenters. The number of ketones is 1. The first-order chi connectivity index (χ1) is 24.1. The number of benzene rings is 1. The van der Waals surface area contributed by atoms with E-state index < -0.39 is 74.1 Å². The molecule has 3 heterocycles. The van der Waals surface area contributed by atoms with Crippen LogP contribution in [-0.4, -0.2) is 83.5 Å². The Labute approximate surface area is 304 Å². The lowest BCUT2D eigenvalue weighted by Gasteiger charge is -2.30. The van der Waals surface area contributed by atoms with Crippen molar-refractivity contribution in [2.24, 2.45) is 11.3 Å². The number of allylic oxidation sites excluding steroid dienone is 2. The SMILES string of the molecule is CC(C)(C)NC(=O)N[C@H]1CCCCC/C=C\[C@@H]2C[C@@]2(C(=O)NS(=O)(=O)C2CC2)CC(=O)[C@@H]2C[C@@H](OC(=O)N3Cc4cccc(Cl)c4C3)CN2C1=O. The number of hydrogen-bond acceptors (Lipinski definition) is 8. The van der Waals surface area contributed by atoms with E-state index in [0.717, 1.165) is 30.4 Å². The van der Waals surface area contributed by atoms with Crippen LogP contribution in [0, 0.1) is 11.3 Å². The Hall–Kier alpha value is -3.65. The zero-order valence-electron chi connectivity index (χ0n) is 29.4. The van der Waals surface area contributed by atoms with E-state index in [2.05, 4.69) is 15.4 Å². The van der Waals surface area contributed by atoms with Crippen LogP contribution in [0.3, 0.4) is 0 Å². The van der Waals surface area contributed by atoms with Gasteiger partial charge in [0.25, 0.3) is 0 Å². The molecule has 1 aromatic rings. The molecule has 278 valence electrons. The first-order valence-electron chi connectivity index (χ1n) is 17.9. The highest BCUT2D eigenvalue weighted by Crippen LogP contribution is 2.57. The highest BCUT2D eigenvalue weighted by atomic mass is 35.5. The third-order valence-electron chi connectivity index (χ3n) is 10.5. The third kappa shape index (κ3) is 8.54. The Morgan fingerprint density at radius 3 is 2.51 bits per heavy atom. The molecule has 0 bridgehead atoms. The van der Waals surface area contributed by atoms with Crippen LogP contribution in [0.4, 0.5) is 9.59 Å². The summed E-state index contributed by atoms with van der Waals surface area (Å²) >= 11 is 6.36. The minimum atomic E-state index is -3.86. The molecule has 3 N–H and O–H groups in total. The van der Waals surface area contributed by atoms with E-state index in [9.17, 15) is 32.4 Å². The van der Waals surface area contributed by atoms with Crippen LogP contribution < -0.4 is 15.4 Å². The molecule has 3 aliphatic heterocycles. The molecule has 3 fully saturated rings. The van der Waals surface area contributed by atoms with Crippen LogP contribution >= 0.6 is 11.6 Å². The van der Waals surface area contributed by atoms with Gasteiger partial charge in [-0.15, -0.1) is 0 Å². The number of nitrogens with one attached hydrogen (secondary N) is 3. The van der Waals surface area contributed by atoms with Crippen LogP contribution in [0.5, 0.6) is 0 Å². The zero-order chi connectivity index (χ0) is 36.7. The maximum absolute atomic E-state index is 14.4. The number of ether oxygens (including phenoxy) is 1. The average Bonchev–Trinajstić information content (AvgIpc) is 3.93. The van der Waals surface area contributed by atoms with Gasteiger partial charge in [0.15, 0.2) is 5.78 Å². The van der Waals surface area contributed by atoms with Gasteiger partial charge in [-0.3, -0.25) is 24.0 Å². The number of carbonyl (C=O) groups excluding carboxylic acids is 5. The topological polar surface area (TPSA) is 171 Å². The summed E-state index contributed by atoms with van der Waals surface area (Å²) in [7, 11) is -3.86. The molecule has 2 aliphatic carbocycles. The van der Waals surface area contributed by atoms with Crippen molar-refractivity contribution in [3.05, 3.63) is 46.5 Å². The van der Waals surface area contributed by atoms with Gasteiger partial charge in [-0.25, -0.2) is 18.0 Å². The van der Waals surface area contributed by atoms with Gasteiger partial charge in [0.2, 0.25) is 21.8 Å². The van der Waals surface area contributed by atoms with E-state index in [-0.39, 0.29) is 31.8 Å². The van der Waals surface area contributed by atoms with Gasteiger partial charge in [0.05, 0.1) is 29.8 Å². The van der Waals surface area contributed by atoms with Gasteiger partial charge in [0, 0.05) is 29.9 Å². The van der Waals surface area contributed by atoms with Gasteiger partial charge in [0.1, 0.15) is 12.1 Å². The summed E-state index contributed by atoms with van der Waals surface area (Å²) in [5.41, 5.74) is -0.0911. The Kier molecular flexibility index (Phi) is 10.5. The summed E-state index contributed by atoms with van der Waals surface area (Å²) in [6.07, 6.45) is 6.68. The number of Topliss-reactive ketones (excluding diaryl/α,β-unsaturated/α-hetero) is 1. The summed E-state index contributed by atoms with van der Waals surface area (Å²) in [6, 6.07) is 2.93. The molecule has 13 nitrogen and oxygen atoms in total. The first kappa shape index (κ1) is 37.1. The van der Waals surface area contributed by atoms with Gasteiger partial charge < -0.3 is 20.3 Å². The third-order valence-corrected chi connectivity index (χ3v) is 12.6. The summed E-state index contributed by atoms with van der Waals surface area (Å²) in [5, 5.41) is 5.59. The molecule has 0 unspecified atom stereocenters. The number of carbonyl (C=O) groups is 5. The fraction of sp³-hybridized carbons (Fsp3) is 0.639. The molecule has 1 saturated heterocycles. The molecular formula is C36H48ClN5O8S. The van der Waals surface area contributed by atoms with Crippen molar-refractivity contribution in [2.75, 3.05) is 6.54 Å². The molecule has 1 aromatic carbocycles. The van der Waals surface area contributed by atoms with E-state index in [1.54, 1.807) is 6.07 Å². The van der Waals surface area contributed by atoms with Crippen molar-refractivity contribution < 1.29 is 37.1 Å². The van der Waals surface area contributed by atoms with E-state index in [1.165, 1.54) is 9.80 Å². The normalized spacial score (nSPS) is 29.1. The summed E-state index contributed by atoms with van der Waals surface area (Å²) < 4.78 is 33.7. The maximum Gasteiger partial charge on any atom is 0.410 e. The average molecular weight is 746 g/mol. The first-order valence-corrected chi connectivity index (χ1v) is 19.9. The minimum absolute atomic E-state index is 0.00264. The van der Waals surface area contributed by atoms with Gasteiger partial charge >= 0.3 is 12.1 Å². The number of sulfonamides is 1. The summed E-state index contributed by atoms with van der Waals surface area (Å²) in [6.45, 7) is 5.96. The largest absolute Gasteiger partial charge is 0.444 e. The molecule has 5 amide bonds. The Morgan fingerprint density at radius 2 is 1.80 bits per heavy atom. The second-order valence-electron chi connectivity index (χ2n) is 15.7. The Morgan fingerprint density at radius 1 is 1.04 bits per heavy atom. The Bertz CT molecular complexity index is 1720. The quantitative estimate of drug-likeness (QED) is 0.374. The van der Waals surface area contributed by atoms with E-state index in [0.29, 0.717) is 43.7 Å². The molecule has 51 heavy (non-hydrogen) atoms. The number of fused-ring (bicyclic) bond motifs is 3. The standard InChI is InChI=1S/C36H48ClN5O8S/c1-35(2,3)39-33(46)38-28-13-8-6-4-5-7-11-23-17-36(23,32(45)40-51(48,49)25-14-15-25)18-30(43)29-16-24(20-42(29)31(28)44)50-34(47)41-19-22-10-9-12-27(37)26(22)21-41/h7,9-12,23-25,28-29H,4-6,8,13-21H2,1-3H3,(H,40,45)(H2,38,39,46)/b11-7-/t23-,24-,28+,29+,36-/m1/s1. The number of amides is 5. The molecule has 0 aromatic heterocycles. The number of nitrogens with zero attached hydrogens (tertiary/aromatic N) is 2. The number of hydrogen-bond donors (Lipinski definition) is 3. The van der Waals surface area contributed by atoms with Crippen LogP contribution in [-0.2, 0) is 42.2 Å². The van der Waals surface area contributed by atoms with Crippen molar-refractivity contribution in [3.8, 4) is 0 Å². The number of rotatable bonds is 5. The van der Waals surface area contributed by atoms with Crippen molar-refractivity contribution in [2.45, 2.75) is 127 Å². The zero-order valence-corrected chi connectivity index (χ0v) is 31.0. The highest BCUT2D eigenvalue weighted by molar-refractivity contribution is 7.90. The van der Waals surface area contributed by atoms with Crippen LogP contribution in [0.25, 0.3) is 0 Å². The van der Waals surface area contributed by atoms with Crippen molar-refractivity contribution >= 4 is 51.3 Å². The fourth-order valence-corrected chi connectivity index (χ4v) is 9.09. The molecule has 6 rings (SSSR count). The van der Waals surface area contributed by atoms with Crippen LogP contribution in [0.1, 0.15) is 96.1 Å². The molecule has 5 aliphatic rings. The smallest absolute Gasteiger partial charge is 0.410 e. The van der Waals surface area contributed by atoms with E-state index in [4.69, 9.17) is 16.3 Å². The van der Waals surface area contributed by atoms with Crippen LogP contribution in [0.15, 0.2) is 30.4 Å². The molecule has 2 saturated carbocycles. The predicted octanol–water partition coefficient (Wildman–Crippen LogP) is 4.32. The molecule has 15 heteroatoms. The Balaban J connectivity index is 1.25. The monoisotopic (exact) mass is 745 g/mol. The van der Waals surface area contributed by atoms with E-state index in [1.807, 2.05) is 45.1 Å². The van der Waals surface area contributed by atoms with Crippen molar-refractivity contribution in [1.29, 1.82) is 0 Å². The lowest BCUT2D eigenvalue weighted by molar-refractivity contribution is -0.140. The van der Waals surface area contributed by atoms with Gasteiger partial charge in [-0.2, -0.15) is 0 Å². The maximum atomic E-state index is 14.4. The molecule has 0 spiro atoms.